The molecule has 0 aliphatic heterocycles. The van der Waals surface area contributed by atoms with Crippen molar-refractivity contribution in [2.75, 3.05) is 6.61 Å². The normalized spacial score (nSPS) is 15.6. The molecule has 1 N–H and O–H groups in total. The number of amides is 1. The summed E-state index contributed by atoms with van der Waals surface area (Å²) in [6.45, 7) is 1.61. The summed E-state index contributed by atoms with van der Waals surface area (Å²) in [5.74, 6) is -0.469. The first kappa shape index (κ1) is 15.1. The molecule has 6 heteroatoms. The van der Waals surface area contributed by atoms with Crippen LogP contribution in [-0.2, 0) is 9.53 Å². The molecule has 1 aliphatic rings. The van der Waals surface area contributed by atoms with Crippen molar-refractivity contribution in [2.24, 2.45) is 5.92 Å². The number of nitrogens with one attached hydrogen (secondary N) is 1. The Labute approximate surface area is 127 Å². The van der Waals surface area contributed by atoms with Crippen LogP contribution in [0.4, 0.5) is 0 Å². The molecule has 0 aromatic heterocycles. The number of hydrogen-bond acceptors (Lipinski definition) is 3. The second-order valence-electron chi connectivity index (χ2n) is 4.87. The molecule has 108 valence electrons. The van der Waals surface area contributed by atoms with Gasteiger partial charge in [0.15, 0.2) is 6.61 Å². The molecule has 0 bridgehead atoms. The highest BCUT2D eigenvalue weighted by Gasteiger charge is 2.29. The van der Waals surface area contributed by atoms with Crippen LogP contribution in [-0.4, -0.2) is 24.5 Å². The van der Waals surface area contributed by atoms with Crippen LogP contribution in [0.15, 0.2) is 18.2 Å². The third-order valence-electron chi connectivity index (χ3n) is 3.22. The van der Waals surface area contributed by atoms with Gasteiger partial charge < -0.3 is 10.1 Å². The molecule has 1 fully saturated rings. The Morgan fingerprint density at radius 3 is 2.50 bits per heavy atom. The SMILES string of the molecule is C[C@@H](NC(=O)COC(=O)c1c(Cl)cccc1Cl)C1CC1. The minimum Gasteiger partial charge on any atom is -0.452 e. The van der Waals surface area contributed by atoms with Crippen molar-refractivity contribution in [1.82, 2.24) is 5.32 Å². The summed E-state index contributed by atoms with van der Waals surface area (Å²) in [6, 6.07) is 4.83. The topological polar surface area (TPSA) is 55.4 Å². The van der Waals surface area contributed by atoms with E-state index in [4.69, 9.17) is 27.9 Å². The summed E-state index contributed by atoms with van der Waals surface area (Å²) in [5, 5.41) is 3.20. The fraction of sp³-hybridized carbons (Fsp3) is 0.429. The van der Waals surface area contributed by atoms with Gasteiger partial charge in [-0.3, -0.25) is 4.79 Å². The Hall–Kier alpha value is -1.26. The summed E-state index contributed by atoms with van der Waals surface area (Å²) >= 11 is 11.8. The van der Waals surface area contributed by atoms with Crippen molar-refractivity contribution in [1.29, 1.82) is 0 Å². The molecule has 2 rings (SSSR count). The molecule has 1 aliphatic carbocycles. The lowest BCUT2D eigenvalue weighted by molar-refractivity contribution is -0.124. The number of esters is 1. The summed E-state index contributed by atoms with van der Waals surface area (Å²) in [4.78, 5) is 23.5. The summed E-state index contributed by atoms with van der Waals surface area (Å²) in [6.07, 6.45) is 2.27. The summed E-state index contributed by atoms with van der Waals surface area (Å²) < 4.78 is 4.93. The number of rotatable bonds is 5. The van der Waals surface area contributed by atoms with Gasteiger partial charge in [0.25, 0.3) is 5.91 Å². The molecule has 4 nitrogen and oxygen atoms in total. The van der Waals surface area contributed by atoms with Crippen LogP contribution < -0.4 is 5.32 Å². The Kier molecular flexibility index (Phi) is 4.89. The first-order valence-corrected chi connectivity index (χ1v) is 7.15. The predicted octanol–water partition coefficient (Wildman–Crippen LogP) is 3.06. The number of hydrogen-bond donors (Lipinski definition) is 1. The number of carbonyl (C=O) groups is 2. The lowest BCUT2D eigenvalue weighted by atomic mass is 10.2. The zero-order valence-corrected chi connectivity index (χ0v) is 12.5. The largest absolute Gasteiger partial charge is 0.452 e. The van der Waals surface area contributed by atoms with Crippen molar-refractivity contribution in [3.05, 3.63) is 33.8 Å². The van der Waals surface area contributed by atoms with E-state index in [9.17, 15) is 9.59 Å². The third-order valence-corrected chi connectivity index (χ3v) is 3.85. The summed E-state index contributed by atoms with van der Waals surface area (Å²) in [7, 11) is 0. The Morgan fingerprint density at radius 1 is 1.35 bits per heavy atom. The quantitative estimate of drug-likeness (QED) is 0.850. The van der Waals surface area contributed by atoms with Gasteiger partial charge in [-0.1, -0.05) is 29.3 Å². The Morgan fingerprint density at radius 2 is 1.95 bits per heavy atom. The number of ether oxygens (including phenoxy) is 1. The molecular formula is C14H15Cl2NO3. The molecule has 1 aromatic carbocycles. The van der Waals surface area contributed by atoms with Gasteiger partial charge in [-0.05, 0) is 37.8 Å². The van der Waals surface area contributed by atoms with Gasteiger partial charge in [-0.2, -0.15) is 0 Å². The highest BCUT2D eigenvalue weighted by molar-refractivity contribution is 6.39. The fourth-order valence-corrected chi connectivity index (χ4v) is 2.46. The minimum absolute atomic E-state index is 0.0823. The minimum atomic E-state index is -0.699. The first-order valence-electron chi connectivity index (χ1n) is 6.39. The van der Waals surface area contributed by atoms with Gasteiger partial charge >= 0.3 is 5.97 Å². The molecular weight excluding hydrogens is 301 g/mol. The molecule has 1 aromatic rings. The monoisotopic (exact) mass is 315 g/mol. The molecule has 0 spiro atoms. The van der Waals surface area contributed by atoms with E-state index in [1.54, 1.807) is 18.2 Å². The van der Waals surface area contributed by atoms with Crippen LogP contribution >= 0.6 is 23.2 Å². The zero-order chi connectivity index (χ0) is 14.7. The maximum absolute atomic E-state index is 11.9. The second kappa shape index (κ2) is 6.46. The van der Waals surface area contributed by atoms with E-state index < -0.39 is 5.97 Å². The Bertz CT molecular complexity index is 509. The van der Waals surface area contributed by atoms with E-state index in [1.165, 1.54) is 0 Å². The highest BCUT2D eigenvalue weighted by atomic mass is 35.5. The van der Waals surface area contributed by atoms with Crippen molar-refractivity contribution >= 4 is 35.1 Å². The zero-order valence-electron chi connectivity index (χ0n) is 11.0. The molecule has 20 heavy (non-hydrogen) atoms. The maximum atomic E-state index is 11.9. The number of halogens is 2. The molecule has 0 heterocycles. The molecule has 1 atom stereocenters. The van der Waals surface area contributed by atoms with Crippen LogP contribution in [0.5, 0.6) is 0 Å². The predicted molar refractivity (Wildman–Crippen MR) is 77.1 cm³/mol. The van der Waals surface area contributed by atoms with Crippen molar-refractivity contribution in [3.63, 3.8) is 0 Å². The Balaban J connectivity index is 1.87. The molecule has 1 amide bonds. The van der Waals surface area contributed by atoms with Crippen molar-refractivity contribution in [3.8, 4) is 0 Å². The van der Waals surface area contributed by atoms with Gasteiger partial charge in [0.2, 0.25) is 0 Å². The van der Waals surface area contributed by atoms with Crippen LogP contribution in [0, 0.1) is 5.92 Å². The average Bonchev–Trinajstić information content (AvgIpc) is 3.20. The van der Waals surface area contributed by atoms with Gasteiger partial charge in [-0.25, -0.2) is 4.79 Å². The van der Waals surface area contributed by atoms with Crippen LogP contribution in [0.3, 0.4) is 0 Å². The van der Waals surface area contributed by atoms with Gasteiger partial charge in [-0.15, -0.1) is 0 Å². The lowest BCUT2D eigenvalue weighted by Gasteiger charge is -2.13. The number of carbonyl (C=O) groups excluding carboxylic acids is 2. The van der Waals surface area contributed by atoms with Gasteiger partial charge in [0.05, 0.1) is 15.6 Å². The molecule has 0 unspecified atom stereocenters. The van der Waals surface area contributed by atoms with Gasteiger partial charge in [0, 0.05) is 6.04 Å². The van der Waals surface area contributed by atoms with E-state index >= 15 is 0 Å². The molecule has 0 radical (unpaired) electrons. The second-order valence-corrected chi connectivity index (χ2v) is 5.68. The van der Waals surface area contributed by atoms with Crippen LogP contribution in [0.2, 0.25) is 10.0 Å². The van der Waals surface area contributed by atoms with Gasteiger partial charge in [0.1, 0.15) is 0 Å². The standard InChI is InChI=1S/C14H15Cl2NO3/c1-8(9-5-6-9)17-12(18)7-20-14(19)13-10(15)3-2-4-11(13)16/h2-4,8-9H,5-7H2,1H3,(H,17,18)/t8-/m1/s1. The third kappa shape index (κ3) is 3.87. The molecule has 0 saturated heterocycles. The smallest absolute Gasteiger partial charge is 0.341 e. The van der Waals surface area contributed by atoms with E-state index in [2.05, 4.69) is 5.32 Å². The maximum Gasteiger partial charge on any atom is 0.341 e. The lowest BCUT2D eigenvalue weighted by Crippen LogP contribution is -2.37. The highest BCUT2D eigenvalue weighted by Crippen LogP contribution is 2.32. The van der Waals surface area contributed by atoms with Crippen LogP contribution in [0.1, 0.15) is 30.1 Å². The fourth-order valence-electron chi connectivity index (χ4n) is 1.91. The van der Waals surface area contributed by atoms with Crippen molar-refractivity contribution in [2.45, 2.75) is 25.8 Å². The van der Waals surface area contributed by atoms with E-state index in [1.807, 2.05) is 6.92 Å². The van der Waals surface area contributed by atoms with Crippen LogP contribution in [0.25, 0.3) is 0 Å². The first-order chi connectivity index (χ1) is 9.49. The van der Waals surface area contributed by atoms with E-state index in [0.29, 0.717) is 5.92 Å². The molecule has 1 saturated carbocycles. The van der Waals surface area contributed by atoms with E-state index in [0.717, 1.165) is 12.8 Å². The van der Waals surface area contributed by atoms with E-state index in [-0.39, 0.29) is 34.2 Å². The number of benzene rings is 1. The summed E-state index contributed by atoms with van der Waals surface area (Å²) in [5.41, 5.74) is 0.0823. The van der Waals surface area contributed by atoms with Crippen molar-refractivity contribution < 1.29 is 14.3 Å². The average molecular weight is 316 g/mol.